The number of allylic oxidation sites excluding steroid dienone is 5. The van der Waals surface area contributed by atoms with E-state index in [-0.39, 0.29) is 0 Å². The number of hydrogen-bond donors (Lipinski definition) is 0. The molecule has 0 atom stereocenters. The highest BCUT2D eigenvalue weighted by Crippen LogP contribution is 2.15. The van der Waals surface area contributed by atoms with Crippen LogP contribution in [0.3, 0.4) is 0 Å². The molecule has 0 aromatic heterocycles. The van der Waals surface area contributed by atoms with Crippen molar-refractivity contribution in [2.45, 2.75) is 13.8 Å². The summed E-state index contributed by atoms with van der Waals surface area (Å²) in [7, 11) is 0. The van der Waals surface area contributed by atoms with E-state index < -0.39 is 0 Å². The van der Waals surface area contributed by atoms with Crippen LogP contribution in [0.5, 0.6) is 0 Å². The summed E-state index contributed by atoms with van der Waals surface area (Å²) in [6.07, 6.45) is 3.50. The van der Waals surface area contributed by atoms with Gasteiger partial charge in [-0.2, -0.15) is 0 Å². The summed E-state index contributed by atoms with van der Waals surface area (Å²) >= 11 is 11.3. The predicted molar refractivity (Wildman–Crippen MR) is 48.4 cm³/mol. The third-order valence-corrected chi connectivity index (χ3v) is 1.70. The number of halogens is 2. The van der Waals surface area contributed by atoms with Crippen LogP contribution >= 0.6 is 23.2 Å². The molecule has 0 spiro atoms. The summed E-state index contributed by atoms with van der Waals surface area (Å²) in [5.74, 6) is 0. The largest absolute Gasteiger partial charge is 0.0988 e. The maximum Gasteiger partial charge on any atom is 0.0550 e. The standard InChI is InChI=1S/C8H10Cl2/c1-4-6(2)5-8(10)7(3)9/h4-5H,1H2,2-3H3/b6-5-,8-7-. The molecule has 0 radical (unpaired) electrons. The van der Waals surface area contributed by atoms with Crippen molar-refractivity contribution in [3.63, 3.8) is 0 Å². The molecule has 0 unspecified atom stereocenters. The second-order valence-electron chi connectivity index (χ2n) is 1.97. The van der Waals surface area contributed by atoms with Gasteiger partial charge in [-0.1, -0.05) is 41.4 Å². The molecule has 0 saturated heterocycles. The lowest BCUT2D eigenvalue weighted by Gasteiger charge is -1.92. The van der Waals surface area contributed by atoms with Crippen LogP contribution in [-0.2, 0) is 0 Å². The molecule has 0 aromatic rings. The Labute approximate surface area is 71.8 Å². The molecule has 0 aliphatic rings. The number of rotatable bonds is 2. The lowest BCUT2D eigenvalue weighted by molar-refractivity contribution is 1.50. The molecular formula is C8H10Cl2. The Kier molecular flexibility index (Phi) is 4.50. The summed E-state index contributed by atoms with van der Waals surface area (Å²) in [5, 5.41) is 1.17. The van der Waals surface area contributed by atoms with Gasteiger partial charge in [-0.05, 0) is 19.9 Å². The van der Waals surface area contributed by atoms with Gasteiger partial charge >= 0.3 is 0 Å². The Hall–Kier alpha value is -0.200. The van der Waals surface area contributed by atoms with Crippen LogP contribution in [0.4, 0.5) is 0 Å². The van der Waals surface area contributed by atoms with Gasteiger partial charge in [-0.3, -0.25) is 0 Å². The Bertz CT molecular complexity index is 183. The van der Waals surface area contributed by atoms with Crippen LogP contribution in [0.2, 0.25) is 0 Å². The molecule has 0 aromatic carbocycles. The van der Waals surface area contributed by atoms with Crippen molar-refractivity contribution < 1.29 is 0 Å². The maximum absolute atomic E-state index is 5.71. The molecule has 0 bridgehead atoms. The minimum Gasteiger partial charge on any atom is -0.0988 e. The van der Waals surface area contributed by atoms with Gasteiger partial charge in [0.2, 0.25) is 0 Å². The molecule has 0 N–H and O–H groups in total. The highest BCUT2D eigenvalue weighted by molar-refractivity contribution is 6.40. The Morgan fingerprint density at radius 3 is 2.10 bits per heavy atom. The van der Waals surface area contributed by atoms with Gasteiger partial charge in [-0.25, -0.2) is 0 Å². The van der Waals surface area contributed by atoms with E-state index in [9.17, 15) is 0 Å². The fourth-order valence-corrected chi connectivity index (χ4v) is 0.585. The SMILES string of the molecule is C=C/C(C)=C\C(Cl)=C(/C)Cl. The smallest absolute Gasteiger partial charge is 0.0550 e. The Morgan fingerprint density at radius 2 is 1.80 bits per heavy atom. The second-order valence-corrected chi connectivity index (χ2v) is 2.95. The quantitative estimate of drug-likeness (QED) is 0.562. The molecule has 0 fully saturated rings. The predicted octanol–water partition coefficient (Wildman–Crippen LogP) is 3.83. The Balaban J connectivity index is 4.42. The van der Waals surface area contributed by atoms with Crippen LogP contribution < -0.4 is 0 Å². The molecule has 2 heteroatoms. The summed E-state index contributed by atoms with van der Waals surface area (Å²) in [5.41, 5.74) is 1.00. The van der Waals surface area contributed by atoms with E-state index in [0.29, 0.717) is 10.1 Å². The van der Waals surface area contributed by atoms with Crippen LogP contribution in [0, 0.1) is 0 Å². The summed E-state index contributed by atoms with van der Waals surface area (Å²) < 4.78 is 0. The maximum atomic E-state index is 5.71. The van der Waals surface area contributed by atoms with Crippen LogP contribution in [0.15, 0.2) is 34.4 Å². The van der Waals surface area contributed by atoms with Crippen molar-refractivity contribution in [1.82, 2.24) is 0 Å². The van der Waals surface area contributed by atoms with Gasteiger partial charge in [0.15, 0.2) is 0 Å². The Morgan fingerprint density at radius 1 is 1.30 bits per heavy atom. The number of hydrogen-bond acceptors (Lipinski definition) is 0. The molecule has 0 nitrogen and oxygen atoms in total. The van der Waals surface area contributed by atoms with E-state index in [1.165, 1.54) is 0 Å². The zero-order valence-corrected chi connectivity index (χ0v) is 7.63. The highest BCUT2D eigenvalue weighted by atomic mass is 35.5. The molecule has 0 heterocycles. The molecule has 0 saturated carbocycles. The second kappa shape index (κ2) is 4.59. The minimum absolute atomic E-state index is 0.569. The van der Waals surface area contributed by atoms with E-state index >= 15 is 0 Å². The van der Waals surface area contributed by atoms with E-state index in [1.54, 1.807) is 19.1 Å². The molecule has 0 amide bonds. The van der Waals surface area contributed by atoms with Gasteiger partial charge in [-0.15, -0.1) is 0 Å². The van der Waals surface area contributed by atoms with Gasteiger partial charge in [0.1, 0.15) is 0 Å². The fourth-order valence-electron chi connectivity index (χ4n) is 0.358. The van der Waals surface area contributed by atoms with E-state index in [0.717, 1.165) is 5.57 Å². The van der Waals surface area contributed by atoms with Crippen molar-refractivity contribution in [3.05, 3.63) is 34.4 Å². The van der Waals surface area contributed by atoms with Crippen molar-refractivity contribution in [2.24, 2.45) is 0 Å². The first-order chi connectivity index (χ1) is 4.57. The van der Waals surface area contributed by atoms with Gasteiger partial charge in [0.25, 0.3) is 0 Å². The zero-order valence-electron chi connectivity index (χ0n) is 6.12. The average Bonchev–Trinajstić information content (AvgIpc) is 1.87. The summed E-state index contributed by atoms with van der Waals surface area (Å²) in [4.78, 5) is 0. The summed E-state index contributed by atoms with van der Waals surface area (Å²) in [6.45, 7) is 7.24. The highest BCUT2D eigenvalue weighted by Gasteiger charge is 1.90. The molecule has 10 heavy (non-hydrogen) atoms. The first-order valence-corrected chi connectivity index (χ1v) is 3.66. The van der Waals surface area contributed by atoms with Crippen molar-refractivity contribution >= 4 is 23.2 Å². The van der Waals surface area contributed by atoms with Crippen molar-refractivity contribution in [2.75, 3.05) is 0 Å². The van der Waals surface area contributed by atoms with Crippen molar-refractivity contribution in [3.8, 4) is 0 Å². The third kappa shape index (κ3) is 3.76. The van der Waals surface area contributed by atoms with E-state index in [2.05, 4.69) is 6.58 Å². The van der Waals surface area contributed by atoms with Gasteiger partial charge in [0.05, 0.1) is 5.03 Å². The summed E-state index contributed by atoms with van der Waals surface area (Å²) in [6, 6.07) is 0. The van der Waals surface area contributed by atoms with Crippen molar-refractivity contribution in [1.29, 1.82) is 0 Å². The van der Waals surface area contributed by atoms with Crippen LogP contribution in [0.1, 0.15) is 13.8 Å². The topological polar surface area (TPSA) is 0 Å². The normalized spacial score (nSPS) is 14.6. The molecule has 0 rings (SSSR count). The lowest BCUT2D eigenvalue weighted by Crippen LogP contribution is -1.70. The molecule has 0 aliphatic heterocycles. The minimum atomic E-state index is 0.569. The van der Waals surface area contributed by atoms with Gasteiger partial charge in [0, 0.05) is 5.03 Å². The lowest BCUT2D eigenvalue weighted by atomic mass is 10.3. The fraction of sp³-hybridized carbons (Fsp3) is 0.250. The molecule has 0 aliphatic carbocycles. The average molecular weight is 177 g/mol. The molecule has 56 valence electrons. The molecular weight excluding hydrogens is 167 g/mol. The zero-order chi connectivity index (χ0) is 8.15. The van der Waals surface area contributed by atoms with Crippen LogP contribution in [0.25, 0.3) is 0 Å². The van der Waals surface area contributed by atoms with Gasteiger partial charge < -0.3 is 0 Å². The van der Waals surface area contributed by atoms with E-state index in [1.807, 2.05) is 6.92 Å². The first kappa shape index (κ1) is 9.80. The first-order valence-electron chi connectivity index (χ1n) is 2.90. The monoisotopic (exact) mass is 176 g/mol. The third-order valence-electron chi connectivity index (χ3n) is 1.01. The van der Waals surface area contributed by atoms with Crippen LogP contribution in [-0.4, -0.2) is 0 Å². The van der Waals surface area contributed by atoms with E-state index in [4.69, 9.17) is 23.2 Å².